The number of hydrogen-bond donors (Lipinski definition) is 1. The zero-order valence-corrected chi connectivity index (χ0v) is 18.7. The van der Waals surface area contributed by atoms with Crippen LogP contribution in [0.15, 0.2) is 30.5 Å². The Morgan fingerprint density at radius 2 is 2.09 bits per heavy atom. The predicted octanol–water partition coefficient (Wildman–Crippen LogP) is 3.79. The number of rotatable bonds is 6. The number of anilines is 1. The number of hydrogen-bond acceptors (Lipinski definition) is 6. The van der Waals surface area contributed by atoms with E-state index in [2.05, 4.69) is 10.3 Å². The summed E-state index contributed by atoms with van der Waals surface area (Å²) in [4.78, 5) is 42.9. The number of carbonyl (C=O) groups is 2. The van der Waals surface area contributed by atoms with Crippen molar-refractivity contribution < 1.29 is 18.9 Å². The van der Waals surface area contributed by atoms with Gasteiger partial charge in [0.15, 0.2) is 11.0 Å². The Balaban J connectivity index is 1.84. The summed E-state index contributed by atoms with van der Waals surface area (Å²) in [6.07, 6.45) is 3.53. The molecular formula is C22H19Cl2FN4O4. The lowest BCUT2D eigenvalue weighted by Crippen LogP contribution is -2.52. The number of aromatic nitrogens is 1. The molecule has 5 rings (SSSR count). The first kappa shape index (κ1) is 22.2. The topological polar surface area (TPSA) is 105 Å². The number of carbonyl (C=O) groups excluding carboxylic acids is 2. The minimum atomic E-state index is -1.61. The maximum Gasteiger partial charge on any atom is 0.250 e. The van der Waals surface area contributed by atoms with E-state index in [1.165, 1.54) is 12.3 Å². The average molecular weight is 493 g/mol. The van der Waals surface area contributed by atoms with Crippen LogP contribution in [-0.2, 0) is 15.1 Å². The average Bonchev–Trinajstić information content (AvgIpc) is 3.48. The fourth-order valence-corrected chi connectivity index (χ4v) is 5.88. The molecule has 3 heterocycles. The highest BCUT2D eigenvalue weighted by Gasteiger charge is 2.71. The second-order valence-electron chi connectivity index (χ2n) is 8.73. The van der Waals surface area contributed by atoms with Crippen molar-refractivity contribution in [3.8, 4) is 0 Å². The summed E-state index contributed by atoms with van der Waals surface area (Å²) in [7, 11) is 0. The van der Waals surface area contributed by atoms with Gasteiger partial charge in [-0.05, 0) is 37.0 Å². The first-order valence-electron chi connectivity index (χ1n) is 10.6. The largest absolute Gasteiger partial charge is 0.324 e. The zero-order chi connectivity index (χ0) is 23.5. The van der Waals surface area contributed by atoms with Crippen LogP contribution < -0.4 is 5.32 Å². The molecule has 1 N–H and O–H groups in total. The van der Waals surface area contributed by atoms with Crippen LogP contribution in [0.25, 0.3) is 0 Å². The van der Waals surface area contributed by atoms with E-state index < -0.39 is 45.3 Å². The first-order valence-corrected chi connectivity index (χ1v) is 11.3. The maximum absolute atomic E-state index is 15.4. The van der Waals surface area contributed by atoms with E-state index in [1.807, 2.05) is 0 Å². The van der Waals surface area contributed by atoms with Crippen molar-refractivity contribution in [2.45, 2.75) is 42.8 Å². The van der Waals surface area contributed by atoms with Crippen LogP contribution in [0.1, 0.15) is 36.3 Å². The van der Waals surface area contributed by atoms with Crippen LogP contribution in [-0.4, -0.2) is 45.6 Å². The van der Waals surface area contributed by atoms with Gasteiger partial charge in [0.05, 0.1) is 12.0 Å². The van der Waals surface area contributed by atoms with Crippen molar-refractivity contribution in [3.05, 3.63) is 67.7 Å². The fraction of sp³-hybridized carbons (Fsp3) is 0.409. The van der Waals surface area contributed by atoms with Gasteiger partial charge in [0, 0.05) is 45.9 Å². The number of benzene rings is 1. The van der Waals surface area contributed by atoms with E-state index in [4.69, 9.17) is 23.2 Å². The third kappa shape index (κ3) is 3.25. The Hall–Kier alpha value is -2.62. The molecule has 2 fully saturated rings. The van der Waals surface area contributed by atoms with Crippen molar-refractivity contribution in [2.24, 2.45) is 5.92 Å². The minimum Gasteiger partial charge on any atom is -0.324 e. The Kier molecular flexibility index (Phi) is 5.38. The molecule has 0 bridgehead atoms. The van der Waals surface area contributed by atoms with E-state index >= 15 is 4.39 Å². The highest BCUT2D eigenvalue weighted by Crippen LogP contribution is 2.59. The molecule has 1 aromatic heterocycles. The van der Waals surface area contributed by atoms with Crippen LogP contribution in [0, 0.1) is 21.8 Å². The lowest BCUT2D eigenvalue weighted by molar-refractivity contribution is -0.528. The molecule has 0 radical (unpaired) electrons. The van der Waals surface area contributed by atoms with Crippen molar-refractivity contribution in [1.82, 2.24) is 9.88 Å². The number of amides is 1. The van der Waals surface area contributed by atoms with Gasteiger partial charge < -0.3 is 10.1 Å². The maximum atomic E-state index is 15.4. The Morgan fingerprint density at radius 1 is 1.33 bits per heavy atom. The summed E-state index contributed by atoms with van der Waals surface area (Å²) in [5, 5.41) is 15.2. The molecule has 2 aromatic rings. The summed E-state index contributed by atoms with van der Waals surface area (Å²) in [6, 6.07) is 3.78. The Labute approximate surface area is 198 Å². The third-order valence-corrected chi connectivity index (χ3v) is 7.47. The number of nitrogens with zero attached hydrogens (tertiary/aromatic N) is 3. The number of fused-ring (bicyclic) bond motifs is 2. The van der Waals surface area contributed by atoms with Crippen molar-refractivity contribution in [2.75, 3.05) is 11.9 Å². The molecule has 1 spiro atoms. The van der Waals surface area contributed by atoms with Crippen LogP contribution in [0.2, 0.25) is 10.2 Å². The van der Waals surface area contributed by atoms with E-state index in [1.54, 1.807) is 23.1 Å². The molecule has 0 unspecified atom stereocenters. The lowest BCUT2D eigenvalue weighted by atomic mass is 9.73. The molecule has 8 nitrogen and oxygen atoms in total. The van der Waals surface area contributed by atoms with Gasteiger partial charge in [-0.2, -0.15) is 0 Å². The number of halogens is 3. The lowest BCUT2D eigenvalue weighted by Gasteiger charge is -2.38. The number of pyridine rings is 1. The molecule has 4 atom stereocenters. The van der Waals surface area contributed by atoms with Crippen LogP contribution >= 0.6 is 23.2 Å². The number of nitrogens with one attached hydrogen (secondary N) is 1. The molecule has 3 aliphatic rings. The van der Waals surface area contributed by atoms with E-state index in [0.717, 1.165) is 12.8 Å². The van der Waals surface area contributed by atoms with E-state index in [0.29, 0.717) is 29.1 Å². The standard InChI is InChI=1S/C22H19Cl2FN4O4/c23-12-3-4-14-15(9-12)27-21(31)22(14)17(13-5-7-26-20(24)18(13)25)19(29(32)33)16(6-8-30)28(22)10-11-1-2-11/h3-5,7-9,11,16-17,19H,1-2,6,10H2,(H,27,31)/t16-,17-,19+,22+/m0/s1. The molecule has 172 valence electrons. The molecular weight excluding hydrogens is 474 g/mol. The predicted molar refractivity (Wildman–Crippen MR) is 118 cm³/mol. The van der Waals surface area contributed by atoms with E-state index in [9.17, 15) is 19.7 Å². The normalized spacial score (nSPS) is 28.7. The number of nitro groups is 1. The zero-order valence-electron chi connectivity index (χ0n) is 17.2. The van der Waals surface area contributed by atoms with Crippen LogP contribution in [0.4, 0.5) is 10.1 Å². The summed E-state index contributed by atoms with van der Waals surface area (Å²) in [5.41, 5.74) is -0.814. The van der Waals surface area contributed by atoms with Crippen molar-refractivity contribution in [3.63, 3.8) is 0 Å². The van der Waals surface area contributed by atoms with Gasteiger partial charge >= 0.3 is 0 Å². The molecule has 33 heavy (non-hydrogen) atoms. The number of likely N-dealkylation sites (tertiary alicyclic amines) is 1. The van der Waals surface area contributed by atoms with E-state index in [-0.39, 0.29) is 17.9 Å². The Morgan fingerprint density at radius 3 is 2.76 bits per heavy atom. The van der Waals surface area contributed by atoms with Crippen LogP contribution in [0.3, 0.4) is 0 Å². The summed E-state index contributed by atoms with van der Waals surface area (Å²) in [5.74, 6) is -2.45. The highest BCUT2D eigenvalue weighted by atomic mass is 35.5. The monoisotopic (exact) mass is 492 g/mol. The molecule has 1 amide bonds. The second-order valence-corrected chi connectivity index (χ2v) is 9.53. The quantitative estimate of drug-likeness (QED) is 0.284. The highest BCUT2D eigenvalue weighted by molar-refractivity contribution is 6.31. The van der Waals surface area contributed by atoms with Gasteiger partial charge in [0.2, 0.25) is 6.04 Å². The Bertz CT molecular complexity index is 1180. The smallest absolute Gasteiger partial charge is 0.250 e. The molecule has 1 saturated carbocycles. The third-order valence-electron chi connectivity index (χ3n) is 6.97. The van der Waals surface area contributed by atoms with Gasteiger partial charge in [0.25, 0.3) is 5.91 Å². The molecule has 1 saturated heterocycles. The summed E-state index contributed by atoms with van der Waals surface area (Å²) < 4.78 is 15.4. The van der Waals surface area contributed by atoms with Gasteiger partial charge in [0.1, 0.15) is 11.8 Å². The first-order chi connectivity index (χ1) is 15.8. The minimum absolute atomic E-state index is 0.0798. The molecule has 2 aliphatic heterocycles. The van der Waals surface area contributed by atoms with Gasteiger partial charge in [-0.25, -0.2) is 9.37 Å². The number of aldehydes is 1. The SMILES string of the molecule is O=CC[C@H]1[C@@H]([N+](=O)[O-])[C@H](c2ccnc(Cl)c2F)[C@]2(C(=O)Nc3cc(Cl)ccc32)N1CC1CC1. The second kappa shape index (κ2) is 8.00. The van der Waals surface area contributed by atoms with Gasteiger partial charge in [-0.1, -0.05) is 29.3 Å². The fourth-order valence-electron chi connectivity index (χ4n) is 5.55. The molecule has 1 aromatic carbocycles. The van der Waals surface area contributed by atoms with Gasteiger partial charge in [-0.3, -0.25) is 19.8 Å². The van der Waals surface area contributed by atoms with Gasteiger partial charge in [-0.15, -0.1) is 0 Å². The van der Waals surface area contributed by atoms with Crippen molar-refractivity contribution in [1.29, 1.82) is 0 Å². The van der Waals surface area contributed by atoms with Crippen LogP contribution in [0.5, 0.6) is 0 Å². The summed E-state index contributed by atoms with van der Waals surface area (Å²) >= 11 is 12.1. The van der Waals surface area contributed by atoms with Crippen molar-refractivity contribution >= 4 is 41.1 Å². The molecule has 11 heteroatoms. The summed E-state index contributed by atoms with van der Waals surface area (Å²) in [6.45, 7) is 0.370. The molecule has 1 aliphatic carbocycles.